The standard InChI is InChI=1S/C14H9BrF3NO/c1-7-2-3-11(17)9(4-7)14(20)19-13-10(15)5-8(16)6-12(13)18/h2-6H,1H3,(H,19,20). The molecule has 1 amide bonds. The van der Waals surface area contributed by atoms with Gasteiger partial charge >= 0.3 is 0 Å². The molecule has 1 N–H and O–H groups in total. The second-order valence-corrected chi connectivity index (χ2v) is 5.04. The van der Waals surface area contributed by atoms with Crippen LogP contribution < -0.4 is 5.32 Å². The van der Waals surface area contributed by atoms with Crippen LogP contribution in [0.2, 0.25) is 0 Å². The molecule has 0 spiro atoms. The number of hydrogen-bond acceptors (Lipinski definition) is 1. The van der Waals surface area contributed by atoms with E-state index in [1.807, 2.05) is 0 Å². The molecule has 20 heavy (non-hydrogen) atoms. The summed E-state index contributed by atoms with van der Waals surface area (Å²) in [7, 11) is 0. The van der Waals surface area contributed by atoms with Crippen LogP contribution in [0.3, 0.4) is 0 Å². The molecular formula is C14H9BrF3NO. The van der Waals surface area contributed by atoms with Crippen LogP contribution in [-0.2, 0) is 0 Å². The molecule has 0 aromatic heterocycles. The Kier molecular flexibility index (Phi) is 4.13. The number of carbonyl (C=O) groups is 1. The van der Waals surface area contributed by atoms with Gasteiger partial charge in [0.1, 0.15) is 11.6 Å². The van der Waals surface area contributed by atoms with Crippen LogP contribution >= 0.6 is 15.9 Å². The molecule has 0 radical (unpaired) electrons. The van der Waals surface area contributed by atoms with E-state index in [4.69, 9.17) is 0 Å². The Morgan fingerprint density at radius 3 is 2.45 bits per heavy atom. The highest BCUT2D eigenvalue weighted by molar-refractivity contribution is 9.10. The molecule has 0 bridgehead atoms. The molecule has 0 atom stereocenters. The average Bonchev–Trinajstić information content (AvgIpc) is 2.36. The van der Waals surface area contributed by atoms with Crippen molar-refractivity contribution in [1.29, 1.82) is 0 Å². The summed E-state index contributed by atoms with van der Waals surface area (Å²) in [6.07, 6.45) is 0. The fraction of sp³-hybridized carbons (Fsp3) is 0.0714. The quantitative estimate of drug-likeness (QED) is 0.858. The summed E-state index contributed by atoms with van der Waals surface area (Å²) < 4.78 is 40.1. The van der Waals surface area contributed by atoms with E-state index in [2.05, 4.69) is 21.2 Å². The molecule has 104 valence electrons. The van der Waals surface area contributed by atoms with E-state index in [-0.39, 0.29) is 15.7 Å². The fourth-order valence-electron chi connectivity index (χ4n) is 1.66. The fourth-order valence-corrected chi connectivity index (χ4v) is 2.16. The van der Waals surface area contributed by atoms with Crippen molar-refractivity contribution < 1.29 is 18.0 Å². The summed E-state index contributed by atoms with van der Waals surface area (Å²) >= 11 is 2.94. The lowest BCUT2D eigenvalue weighted by molar-refractivity contribution is 0.102. The van der Waals surface area contributed by atoms with Crippen LogP contribution in [0.5, 0.6) is 0 Å². The molecule has 0 unspecified atom stereocenters. The molecule has 2 rings (SSSR count). The van der Waals surface area contributed by atoms with Crippen molar-refractivity contribution >= 4 is 27.5 Å². The molecule has 0 heterocycles. The van der Waals surface area contributed by atoms with Crippen molar-refractivity contribution in [2.45, 2.75) is 6.92 Å². The number of amides is 1. The molecule has 0 aliphatic heterocycles. The number of nitrogens with one attached hydrogen (secondary N) is 1. The van der Waals surface area contributed by atoms with Gasteiger partial charge in [0.05, 0.1) is 11.3 Å². The van der Waals surface area contributed by atoms with Gasteiger partial charge in [0, 0.05) is 10.5 Å². The summed E-state index contributed by atoms with van der Waals surface area (Å²) in [6.45, 7) is 1.70. The lowest BCUT2D eigenvalue weighted by Crippen LogP contribution is -2.15. The van der Waals surface area contributed by atoms with E-state index in [9.17, 15) is 18.0 Å². The van der Waals surface area contributed by atoms with E-state index >= 15 is 0 Å². The van der Waals surface area contributed by atoms with Gasteiger partial charge in [0.25, 0.3) is 5.91 Å². The van der Waals surface area contributed by atoms with E-state index in [0.717, 1.165) is 12.1 Å². The molecule has 0 saturated carbocycles. The van der Waals surface area contributed by atoms with Crippen LogP contribution in [-0.4, -0.2) is 5.91 Å². The van der Waals surface area contributed by atoms with Gasteiger partial charge in [0.15, 0.2) is 5.82 Å². The first kappa shape index (κ1) is 14.6. The third kappa shape index (κ3) is 3.01. The normalized spacial score (nSPS) is 10.4. The van der Waals surface area contributed by atoms with Crippen LogP contribution in [0, 0.1) is 24.4 Å². The number of carbonyl (C=O) groups excluding carboxylic acids is 1. The Hall–Kier alpha value is -1.82. The SMILES string of the molecule is Cc1ccc(F)c(C(=O)Nc2c(F)cc(F)cc2Br)c1. The summed E-state index contributed by atoms with van der Waals surface area (Å²) in [5.41, 5.74) is 0.244. The lowest BCUT2D eigenvalue weighted by Gasteiger charge is -2.10. The molecule has 0 aliphatic carbocycles. The maximum absolute atomic E-state index is 13.6. The zero-order chi connectivity index (χ0) is 14.9. The number of aryl methyl sites for hydroxylation is 1. The molecule has 0 saturated heterocycles. The van der Waals surface area contributed by atoms with Crippen molar-refractivity contribution in [3.63, 3.8) is 0 Å². The lowest BCUT2D eigenvalue weighted by atomic mass is 10.1. The van der Waals surface area contributed by atoms with E-state index in [1.165, 1.54) is 12.1 Å². The molecule has 0 fully saturated rings. The minimum Gasteiger partial charge on any atom is -0.318 e. The first-order valence-electron chi connectivity index (χ1n) is 5.60. The highest BCUT2D eigenvalue weighted by Gasteiger charge is 2.16. The van der Waals surface area contributed by atoms with E-state index < -0.39 is 23.4 Å². The monoisotopic (exact) mass is 343 g/mol. The summed E-state index contributed by atoms with van der Waals surface area (Å²) in [4.78, 5) is 11.9. The van der Waals surface area contributed by atoms with Gasteiger partial charge in [-0.3, -0.25) is 4.79 Å². The van der Waals surface area contributed by atoms with Gasteiger partial charge in [-0.05, 0) is 41.1 Å². The minimum absolute atomic E-state index is 0.0383. The number of anilines is 1. The summed E-state index contributed by atoms with van der Waals surface area (Å²) in [5.74, 6) is -3.25. The molecule has 6 heteroatoms. The Morgan fingerprint density at radius 2 is 1.80 bits per heavy atom. The second kappa shape index (κ2) is 5.66. The van der Waals surface area contributed by atoms with Crippen molar-refractivity contribution in [3.05, 3.63) is 63.4 Å². The largest absolute Gasteiger partial charge is 0.318 e. The predicted molar refractivity (Wildman–Crippen MR) is 73.1 cm³/mol. The molecule has 2 aromatic rings. The number of benzene rings is 2. The number of hydrogen-bond donors (Lipinski definition) is 1. The Labute approximate surface area is 121 Å². The Morgan fingerprint density at radius 1 is 1.10 bits per heavy atom. The van der Waals surface area contributed by atoms with Gasteiger partial charge in [-0.25, -0.2) is 13.2 Å². The number of halogens is 4. The zero-order valence-electron chi connectivity index (χ0n) is 10.3. The first-order chi connectivity index (χ1) is 9.38. The highest BCUT2D eigenvalue weighted by Crippen LogP contribution is 2.27. The molecule has 2 aromatic carbocycles. The Balaban J connectivity index is 2.35. The molecule has 2 nitrogen and oxygen atoms in total. The van der Waals surface area contributed by atoms with E-state index in [0.29, 0.717) is 11.6 Å². The van der Waals surface area contributed by atoms with Gasteiger partial charge in [-0.15, -0.1) is 0 Å². The van der Waals surface area contributed by atoms with Gasteiger partial charge in [0.2, 0.25) is 0 Å². The predicted octanol–water partition coefficient (Wildman–Crippen LogP) is 4.43. The second-order valence-electron chi connectivity index (χ2n) is 4.18. The van der Waals surface area contributed by atoms with Crippen LogP contribution in [0.15, 0.2) is 34.8 Å². The Bertz CT molecular complexity index is 665. The van der Waals surface area contributed by atoms with Crippen LogP contribution in [0.4, 0.5) is 18.9 Å². The van der Waals surface area contributed by atoms with E-state index in [1.54, 1.807) is 6.92 Å². The van der Waals surface area contributed by atoms with Crippen molar-refractivity contribution in [3.8, 4) is 0 Å². The first-order valence-corrected chi connectivity index (χ1v) is 6.40. The van der Waals surface area contributed by atoms with Crippen LogP contribution in [0.25, 0.3) is 0 Å². The summed E-state index contributed by atoms with van der Waals surface area (Å²) in [6, 6.07) is 5.65. The third-order valence-corrected chi connectivity index (χ3v) is 3.24. The molecule has 0 aliphatic rings. The van der Waals surface area contributed by atoms with Gasteiger partial charge in [-0.1, -0.05) is 11.6 Å². The smallest absolute Gasteiger partial charge is 0.258 e. The number of rotatable bonds is 2. The topological polar surface area (TPSA) is 29.1 Å². The zero-order valence-corrected chi connectivity index (χ0v) is 11.9. The average molecular weight is 344 g/mol. The third-order valence-electron chi connectivity index (χ3n) is 2.61. The molecular weight excluding hydrogens is 335 g/mol. The maximum atomic E-state index is 13.6. The van der Waals surface area contributed by atoms with Gasteiger partial charge < -0.3 is 5.32 Å². The maximum Gasteiger partial charge on any atom is 0.258 e. The van der Waals surface area contributed by atoms with Gasteiger partial charge in [-0.2, -0.15) is 0 Å². The van der Waals surface area contributed by atoms with Crippen molar-refractivity contribution in [2.24, 2.45) is 0 Å². The highest BCUT2D eigenvalue weighted by atomic mass is 79.9. The van der Waals surface area contributed by atoms with Crippen LogP contribution in [0.1, 0.15) is 15.9 Å². The van der Waals surface area contributed by atoms with Crippen molar-refractivity contribution in [1.82, 2.24) is 0 Å². The summed E-state index contributed by atoms with van der Waals surface area (Å²) in [5, 5.41) is 2.22. The van der Waals surface area contributed by atoms with Crippen molar-refractivity contribution in [2.75, 3.05) is 5.32 Å². The minimum atomic E-state index is -0.946.